The Kier molecular flexibility index (Phi) is 6.74. The molecule has 11 heteroatoms. The molecule has 3 aromatic rings. The molecular formula is C20H18N6O4S. The fourth-order valence-electron chi connectivity index (χ4n) is 2.75. The van der Waals surface area contributed by atoms with Gasteiger partial charge in [-0.25, -0.2) is 4.79 Å². The average Bonchev–Trinajstić information content (AvgIpc) is 3.32. The SMILES string of the molecule is CCOC(=O)c1c(NC(=O)Cn2cnnc2C#N)sc(C(=O)Nc2ccccc2)c1C. The first-order valence-electron chi connectivity index (χ1n) is 9.19. The molecule has 0 aliphatic carbocycles. The normalized spacial score (nSPS) is 10.2. The van der Waals surface area contributed by atoms with Gasteiger partial charge in [0.15, 0.2) is 0 Å². The summed E-state index contributed by atoms with van der Waals surface area (Å²) in [6.45, 7) is 3.18. The second-order valence-electron chi connectivity index (χ2n) is 6.24. The van der Waals surface area contributed by atoms with E-state index in [2.05, 4.69) is 20.8 Å². The van der Waals surface area contributed by atoms with Gasteiger partial charge in [-0.15, -0.1) is 21.5 Å². The van der Waals surface area contributed by atoms with Gasteiger partial charge in [-0.2, -0.15) is 5.26 Å². The smallest absolute Gasteiger partial charge is 0.341 e. The van der Waals surface area contributed by atoms with Crippen molar-refractivity contribution in [2.45, 2.75) is 20.4 Å². The highest BCUT2D eigenvalue weighted by molar-refractivity contribution is 7.18. The Hall–Kier alpha value is -4.04. The van der Waals surface area contributed by atoms with Crippen LogP contribution in [-0.4, -0.2) is 39.2 Å². The molecular weight excluding hydrogens is 420 g/mol. The van der Waals surface area contributed by atoms with Gasteiger partial charge in [0.2, 0.25) is 11.7 Å². The largest absolute Gasteiger partial charge is 0.462 e. The summed E-state index contributed by atoms with van der Waals surface area (Å²) >= 11 is 0.968. The number of aromatic nitrogens is 3. The number of thiophene rings is 1. The van der Waals surface area contributed by atoms with Crippen molar-refractivity contribution in [1.29, 1.82) is 5.26 Å². The Morgan fingerprint density at radius 1 is 1.23 bits per heavy atom. The average molecular weight is 438 g/mol. The van der Waals surface area contributed by atoms with Crippen LogP contribution in [0.15, 0.2) is 36.7 Å². The second kappa shape index (κ2) is 9.64. The lowest BCUT2D eigenvalue weighted by Gasteiger charge is -2.07. The number of para-hydroxylation sites is 1. The number of anilines is 2. The van der Waals surface area contributed by atoms with Gasteiger partial charge in [-0.1, -0.05) is 18.2 Å². The summed E-state index contributed by atoms with van der Waals surface area (Å²) < 4.78 is 6.37. The van der Waals surface area contributed by atoms with Crippen molar-refractivity contribution in [1.82, 2.24) is 14.8 Å². The van der Waals surface area contributed by atoms with Crippen LogP contribution in [0.5, 0.6) is 0 Å². The molecule has 0 radical (unpaired) electrons. The van der Waals surface area contributed by atoms with Crippen LogP contribution in [0.4, 0.5) is 10.7 Å². The van der Waals surface area contributed by atoms with Crippen molar-refractivity contribution in [2.24, 2.45) is 0 Å². The maximum absolute atomic E-state index is 12.8. The number of hydrogen-bond donors (Lipinski definition) is 2. The molecule has 31 heavy (non-hydrogen) atoms. The molecule has 2 aromatic heterocycles. The molecule has 158 valence electrons. The quantitative estimate of drug-likeness (QED) is 0.541. The molecule has 2 N–H and O–H groups in total. The third-order valence-corrected chi connectivity index (χ3v) is 5.35. The number of hydrogen-bond acceptors (Lipinski definition) is 8. The number of nitriles is 1. The highest BCUT2D eigenvalue weighted by Gasteiger charge is 2.27. The van der Waals surface area contributed by atoms with Gasteiger partial charge in [0, 0.05) is 5.69 Å². The fraction of sp³-hybridized carbons (Fsp3) is 0.200. The van der Waals surface area contributed by atoms with E-state index in [1.807, 2.05) is 12.1 Å². The Morgan fingerprint density at radius 2 is 1.97 bits per heavy atom. The van der Waals surface area contributed by atoms with Gasteiger partial charge in [0.05, 0.1) is 17.0 Å². The van der Waals surface area contributed by atoms with Gasteiger partial charge >= 0.3 is 5.97 Å². The van der Waals surface area contributed by atoms with E-state index in [1.54, 1.807) is 38.1 Å². The Labute approximate surface area is 181 Å². The zero-order valence-corrected chi connectivity index (χ0v) is 17.5. The monoisotopic (exact) mass is 438 g/mol. The summed E-state index contributed by atoms with van der Waals surface area (Å²) in [4.78, 5) is 38.1. The van der Waals surface area contributed by atoms with E-state index in [4.69, 9.17) is 10.00 Å². The predicted octanol–water partition coefficient (Wildman–Crippen LogP) is 2.59. The van der Waals surface area contributed by atoms with Crippen molar-refractivity contribution < 1.29 is 19.1 Å². The van der Waals surface area contributed by atoms with Crippen LogP contribution in [0, 0.1) is 18.3 Å². The van der Waals surface area contributed by atoms with Gasteiger partial charge < -0.3 is 15.4 Å². The fourth-order valence-corrected chi connectivity index (χ4v) is 3.86. The topological polar surface area (TPSA) is 139 Å². The van der Waals surface area contributed by atoms with Crippen LogP contribution in [0.3, 0.4) is 0 Å². The number of rotatable bonds is 7. The summed E-state index contributed by atoms with van der Waals surface area (Å²) in [5.41, 5.74) is 1.11. The van der Waals surface area contributed by atoms with E-state index < -0.39 is 17.8 Å². The van der Waals surface area contributed by atoms with Crippen molar-refractivity contribution in [2.75, 3.05) is 17.2 Å². The van der Waals surface area contributed by atoms with Crippen LogP contribution in [0.1, 0.15) is 38.3 Å². The minimum atomic E-state index is -0.646. The molecule has 0 aliphatic rings. The van der Waals surface area contributed by atoms with Gasteiger partial charge in [0.1, 0.15) is 23.9 Å². The highest BCUT2D eigenvalue weighted by Crippen LogP contribution is 2.34. The van der Waals surface area contributed by atoms with Gasteiger partial charge in [-0.3, -0.25) is 14.2 Å². The number of carbonyl (C=O) groups excluding carboxylic acids is 3. The van der Waals surface area contributed by atoms with E-state index in [0.29, 0.717) is 11.3 Å². The van der Waals surface area contributed by atoms with Crippen LogP contribution in [-0.2, 0) is 16.1 Å². The van der Waals surface area contributed by atoms with E-state index in [1.165, 1.54) is 10.9 Å². The van der Waals surface area contributed by atoms with Crippen LogP contribution < -0.4 is 10.6 Å². The molecule has 0 fully saturated rings. The number of benzene rings is 1. The second-order valence-corrected chi connectivity index (χ2v) is 7.26. The summed E-state index contributed by atoms with van der Waals surface area (Å²) in [7, 11) is 0. The van der Waals surface area contributed by atoms with E-state index in [9.17, 15) is 14.4 Å². The predicted molar refractivity (Wildman–Crippen MR) is 113 cm³/mol. The van der Waals surface area contributed by atoms with Crippen molar-refractivity contribution >= 4 is 39.8 Å². The van der Waals surface area contributed by atoms with Crippen LogP contribution >= 0.6 is 11.3 Å². The van der Waals surface area contributed by atoms with E-state index in [0.717, 1.165) is 11.3 Å². The molecule has 0 bridgehead atoms. The molecule has 0 unspecified atom stereocenters. The van der Waals surface area contributed by atoms with Crippen LogP contribution in [0.25, 0.3) is 0 Å². The summed E-state index contributed by atoms with van der Waals surface area (Å²) in [6, 6.07) is 10.7. The van der Waals surface area contributed by atoms with Crippen molar-refractivity contribution in [3.63, 3.8) is 0 Å². The number of nitrogens with zero attached hydrogens (tertiary/aromatic N) is 4. The van der Waals surface area contributed by atoms with Crippen molar-refractivity contribution in [3.05, 3.63) is 58.5 Å². The molecule has 1 aromatic carbocycles. The highest BCUT2D eigenvalue weighted by atomic mass is 32.1. The molecule has 10 nitrogen and oxygen atoms in total. The van der Waals surface area contributed by atoms with E-state index >= 15 is 0 Å². The number of amides is 2. The zero-order chi connectivity index (χ0) is 22.4. The molecule has 3 rings (SSSR count). The lowest BCUT2D eigenvalue weighted by molar-refractivity contribution is -0.116. The molecule has 2 amide bonds. The van der Waals surface area contributed by atoms with Gasteiger partial charge in [-0.05, 0) is 31.5 Å². The first-order valence-corrected chi connectivity index (χ1v) is 10.0. The summed E-state index contributed by atoms with van der Waals surface area (Å²) in [5, 5.41) is 21.8. The van der Waals surface area contributed by atoms with E-state index in [-0.39, 0.29) is 34.4 Å². The zero-order valence-electron chi connectivity index (χ0n) is 16.7. The Bertz CT molecular complexity index is 1160. The molecule has 2 heterocycles. The summed E-state index contributed by atoms with van der Waals surface area (Å²) in [5.74, 6) is -1.60. The minimum Gasteiger partial charge on any atom is -0.462 e. The Balaban J connectivity index is 1.88. The minimum absolute atomic E-state index is 0.0222. The molecule has 0 saturated heterocycles. The number of ether oxygens (including phenoxy) is 1. The maximum Gasteiger partial charge on any atom is 0.341 e. The molecule has 0 spiro atoms. The Morgan fingerprint density at radius 3 is 2.65 bits per heavy atom. The lowest BCUT2D eigenvalue weighted by Crippen LogP contribution is -2.20. The van der Waals surface area contributed by atoms with Crippen LogP contribution in [0.2, 0.25) is 0 Å². The summed E-state index contributed by atoms with van der Waals surface area (Å²) in [6.07, 6.45) is 1.25. The van der Waals surface area contributed by atoms with Crippen molar-refractivity contribution in [3.8, 4) is 6.07 Å². The third kappa shape index (κ3) is 4.93. The first-order chi connectivity index (χ1) is 14.9. The van der Waals surface area contributed by atoms with Gasteiger partial charge in [0.25, 0.3) is 5.91 Å². The number of nitrogens with one attached hydrogen (secondary N) is 2. The lowest BCUT2D eigenvalue weighted by atomic mass is 10.1. The molecule has 0 saturated carbocycles. The first kappa shape index (κ1) is 21.7. The molecule has 0 atom stereocenters. The standard InChI is InChI=1S/C20H18N6O4S/c1-3-30-20(29)16-12(2)17(18(28)23-13-7-5-4-6-8-13)31-19(16)24-15(27)10-26-11-22-25-14(26)9-21/h4-8,11H,3,10H2,1-2H3,(H,23,28)(H,24,27). The molecule has 0 aliphatic heterocycles. The number of esters is 1. The number of carbonyl (C=O) groups is 3. The maximum atomic E-state index is 12.8. The third-order valence-electron chi connectivity index (χ3n) is 4.15.